The van der Waals surface area contributed by atoms with Crippen LogP contribution >= 0.6 is 11.8 Å². The second-order valence-electron chi connectivity index (χ2n) is 14.8. The van der Waals surface area contributed by atoms with Gasteiger partial charge in [0, 0.05) is 55.1 Å². The van der Waals surface area contributed by atoms with Gasteiger partial charge in [0.2, 0.25) is 0 Å². The molecule has 0 N–H and O–H groups in total. The number of para-hydroxylation sites is 6. The average Bonchev–Trinajstić information content (AvgIpc) is 3.99. The summed E-state index contributed by atoms with van der Waals surface area (Å²) in [5.41, 5.74) is 15.4. The highest BCUT2D eigenvalue weighted by molar-refractivity contribution is 7.98. The van der Waals surface area contributed by atoms with E-state index in [2.05, 4.69) is 194 Å². The Labute approximate surface area is 325 Å². The van der Waals surface area contributed by atoms with Crippen molar-refractivity contribution in [2.45, 2.75) is 10.9 Å². The van der Waals surface area contributed by atoms with Crippen molar-refractivity contribution in [2.75, 3.05) is 0 Å². The summed E-state index contributed by atoms with van der Waals surface area (Å²) in [6, 6.07) is 64.5. The predicted molar refractivity (Wildman–Crippen MR) is 234 cm³/mol. The van der Waals surface area contributed by atoms with E-state index in [1.54, 1.807) is 0 Å². The molecule has 0 aliphatic carbocycles. The van der Waals surface area contributed by atoms with E-state index in [1.165, 1.54) is 76.7 Å². The van der Waals surface area contributed by atoms with Crippen LogP contribution in [0.3, 0.4) is 0 Å². The van der Waals surface area contributed by atoms with Crippen molar-refractivity contribution in [3.8, 4) is 22.7 Å². The highest BCUT2D eigenvalue weighted by Gasteiger charge is 2.23. The minimum Gasteiger partial charge on any atom is -0.309 e. The van der Waals surface area contributed by atoms with Crippen LogP contribution in [0.4, 0.5) is 0 Å². The largest absolute Gasteiger partial charge is 0.309 e. The molecule has 0 spiro atoms. The maximum absolute atomic E-state index is 4.96. The van der Waals surface area contributed by atoms with E-state index >= 15 is 0 Å². The van der Waals surface area contributed by atoms with Crippen molar-refractivity contribution in [1.29, 1.82) is 0 Å². The van der Waals surface area contributed by atoms with Gasteiger partial charge in [-0.25, -0.2) is 4.98 Å². The summed E-state index contributed by atoms with van der Waals surface area (Å²) in [4.78, 5) is 4.96. The molecule has 0 fully saturated rings. The van der Waals surface area contributed by atoms with Crippen LogP contribution in [0, 0.1) is 0 Å². The van der Waals surface area contributed by atoms with E-state index in [4.69, 9.17) is 4.98 Å². The van der Waals surface area contributed by atoms with Gasteiger partial charge in [0.25, 0.3) is 0 Å². The van der Waals surface area contributed by atoms with Gasteiger partial charge in [-0.3, -0.25) is 4.57 Å². The monoisotopic (exact) mass is 733 g/mol. The molecule has 8 aromatic carbocycles. The number of nitrogens with zero attached hydrogens (tertiary/aromatic N) is 5. The summed E-state index contributed by atoms with van der Waals surface area (Å²) in [6.45, 7) is 0. The first kappa shape index (κ1) is 30.3. The molecule has 1 aliphatic heterocycles. The molecule has 0 saturated heterocycles. The molecular weight excluding hydrogens is 703 g/mol. The first-order chi connectivity index (χ1) is 27.8. The van der Waals surface area contributed by atoms with Gasteiger partial charge >= 0.3 is 0 Å². The summed E-state index contributed by atoms with van der Waals surface area (Å²) in [5, 5.41) is 8.55. The van der Waals surface area contributed by atoms with Crippen molar-refractivity contribution in [1.82, 2.24) is 23.3 Å². The molecule has 56 heavy (non-hydrogen) atoms. The second kappa shape index (κ2) is 11.3. The molecule has 5 nitrogen and oxygen atoms in total. The quantitative estimate of drug-likeness (QED) is 0.181. The van der Waals surface area contributed by atoms with Crippen LogP contribution in [0.15, 0.2) is 181 Å². The SMILES string of the molecule is c1ccc2c(c1)nc1n2-c2ccc(-n3c4ccc(-n5c6ccccc6c6ccccc65)cc4c4cc(-n5c6ccccc6c6ccccc65)ccc43)cc2CS1. The first-order valence-corrected chi connectivity index (χ1v) is 20.1. The first-order valence-electron chi connectivity index (χ1n) is 19.1. The maximum Gasteiger partial charge on any atom is 0.174 e. The van der Waals surface area contributed by atoms with Gasteiger partial charge in [0.05, 0.1) is 49.8 Å². The Kier molecular flexibility index (Phi) is 6.10. The predicted octanol–water partition coefficient (Wildman–Crippen LogP) is 12.9. The zero-order chi connectivity index (χ0) is 36.5. The van der Waals surface area contributed by atoms with Crippen molar-refractivity contribution in [3.63, 3.8) is 0 Å². The third kappa shape index (κ3) is 4.08. The Balaban J connectivity index is 1.09. The van der Waals surface area contributed by atoms with Crippen LogP contribution in [-0.4, -0.2) is 23.3 Å². The number of benzene rings is 8. The fourth-order valence-corrected chi connectivity index (χ4v) is 10.5. The topological polar surface area (TPSA) is 32.6 Å². The smallest absolute Gasteiger partial charge is 0.174 e. The van der Waals surface area contributed by atoms with Gasteiger partial charge in [-0.15, -0.1) is 0 Å². The second-order valence-corrected chi connectivity index (χ2v) is 15.7. The Bertz CT molecular complexity index is 3340. The molecule has 0 radical (unpaired) electrons. The van der Waals surface area contributed by atoms with Gasteiger partial charge in [-0.05, 0) is 96.6 Å². The molecule has 0 amide bonds. The summed E-state index contributed by atoms with van der Waals surface area (Å²) in [6.07, 6.45) is 0. The molecule has 5 heterocycles. The molecule has 0 bridgehead atoms. The highest BCUT2D eigenvalue weighted by Crippen LogP contribution is 2.42. The number of aromatic nitrogens is 5. The van der Waals surface area contributed by atoms with Crippen LogP contribution < -0.4 is 0 Å². The van der Waals surface area contributed by atoms with Gasteiger partial charge in [-0.2, -0.15) is 0 Å². The lowest BCUT2D eigenvalue weighted by Crippen LogP contribution is -2.07. The molecule has 6 heteroatoms. The highest BCUT2D eigenvalue weighted by atomic mass is 32.2. The van der Waals surface area contributed by atoms with E-state index in [9.17, 15) is 0 Å². The Hall–Kier alpha value is -7.02. The Morgan fingerprint density at radius 2 is 0.768 bits per heavy atom. The van der Waals surface area contributed by atoms with Crippen molar-refractivity contribution < 1.29 is 0 Å². The Morgan fingerprint density at radius 1 is 0.357 bits per heavy atom. The fourth-order valence-electron chi connectivity index (χ4n) is 9.48. The zero-order valence-corrected chi connectivity index (χ0v) is 30.9. The zero-order valence-electron chi connectivity index (χ0n) is 30.1. The molecule has 0 unspecified atom stereocenters. The maximum atomic E-state index is 4.96. The molecule has 4 aromatic heterocycles. The Morgan fingerprint density at radius 3 is 1.29 bits per heavy atom. The summed E-state index contributed by atoms with van der Waals surface area (Å²) in [5.74, 6) is 0.874. The summed E-state index contributed by atoms with van der Waals surface area (Å²) >= 11 is 1.81. The third-order valence-electron chi connectivity index (χ3n) is 11.9. The number of hydrogen-bond donors (Lipinski definition) is 0. The lowest BCUT2D eigenvalue weighted by molar-refractivity contribution is 0.893. The molecule has 12 aromatic rings. The standard InChI is InChI=1S/C50H31N5S/c1-6-16-43-35(11-1)36-12-2-7-17-44(36)53(43)33-22-25-47-39(28-33)40-29-34(54-45-18-8-3-13-37(45)38-14-4-9-19-46(38)54)23-26-48(40)52(47)32-21-24-42-31(27-32)30-56-50-51-41-15-5-10-20-49(41)55(42)50/h1-29H,30H2. The lowest BCUT2D eigenvalue weighted by Gasteiger charge is -2.20. The molecular formula is C50H31N5S. The van der Waals surface area contributed by atoms with Crippen molar-refractivity contribution >= 4 is 88.2 Å². The number of fused-ring (bicyclic) bond motifs is 14. The van der Waals surface area contributed by atoms with Gasteiger partial charge in [0.15, 0.2) is 5.16 Å². The molecule has 13 rings (SSSR count). The molecule has 0 atom stereocenters. The van der Waals surface area contributed by atoms with Crippen LogP contribution in [-0.2, 0) is 5.75 Å². The van der Waals surface area contributed by atoms with Crippen molar-refractivity contribution in [2.24, 2.45) is 0 Å². The van der Waals surface area contributed by atoms with Crippen molar-refractivity contribution in [3.05, 3.63) is 181 Å². The van der Waals surface area contributed by atoms with Crippen LogP contribution in [0.25, 0.3) is 99.2 Å². The number of imidazole rings is 1. The van der Waals surface area contributed by atoms with Crippen LogP contribution in [0.1, 0.15) is 5.56 Å². The van der Waals surface area contributed by atoms with Crippen LogP contribution in [0.2, 0.25) is 0 Å². The van der Waals surface area contributed by atoms with Gasteiger partial charge in [0.1, 0.15) is 0 Å². The minimum absolute atomic E-state index is 0.874. The van der Waals surface area contributed by atoms with E-state index in [-0.39, 0.29) is 0 Å². The molecule has 1 aliphatic rings. The van der Waals surface area contributed by atoms with E-state index in [0.29, 0.717) is 0 Å². The number of rotatable bonds is 3. The third-order valence-corrected chi connectivity index (χ3v) is 12.8. The van der Waals surface area contributed by atoms with E-state index in [1.807, 2.05) is 11.8 Å². The van der Waals surface area contributed by atoms with Gasteiger partial charge in [-0.1, -0.05) is 96.7 Å². The number of thioether (sulfide) groups is 1. The molecule has 0 saturated carbocycles. The minimum atomic E-state index is 0.874. The number of hydrogen-bond acceptors (Lipinski definition) is 2. The summed E-state index contributed by atoms with van der Waals surface area (Å²) in [7, 11) is 0. The molecule has 262 valence electrons. The van der Waals surface area contributed by atoms with Crippen LogP contribution in [0.5, 0.6) is 0 Å². The van der Waals surface area contributed by atoms with Gasteiger partial charge < -0.3 is 13.7 Å². The average molecular weight is 734 g/mol. The van der Waals surface area contributed by atoms with E-state index < -0.39 is 0 Å². The van der Waals surface area contributed by atoms with E-state index in [0.717, 1.165) is 39.0 Å². The normalized spacial score (nSPS) is 12.9. The fraction of sp³-hybridized carbons (Fsp3) is 0.0200. The summed E-state index contributed by atoms with van der Waals surface area (Å²) < 4.78 is 9.63. The lowest BCUT2D eigenvalue weighted by atomic mass is 10.1.